The number of hydrogen-bond donors (Lipinski definition) is 2. The molecule has 0 rings (SSSR count). The van der Waals surface area contributed by atoms with Gasteiger partial charge < -0.3 is 9.84 Å². The molecule has 0 aliphatic rings. The zero-order valence-electron chi connectivity index (χ0n) is 9.55. The highest BCUT2D eigenvalue weighted by Gasteiger charge is 2.72. The van der Waals surface area contributed by atoms with Crippen LogP contribution in [0.1, 0.15) is 6.92 Å². The Balaban J connectivity index is 5.34. The zero-order valence-corrected chi connectivity index (χ0v) is 9.55. The molecule has 0 aliphatic carbocycles. The predicted octanol–water partition coefficient (Wildman–Crippen LogP) is 1.94. The molecule has 110 valence electrons. The Morgan fingerprint density at radius 3 is 2.11 bits per heavy atom. The van der Waals surface area contributed by atoms with E-state index in [1.165, 1.54) is 0 Å². The maximum atomic E-state index is 13.1. The van der Waals surface area contributed by atoms with Gasteiger partial charge in [0.05, 0.1) is 0 Å². The van der Waals surface area contributed by atoms with E-state index in [1.807, 2.05) is 0 Å². The number of hydrogen-bond acceptors (Lipinski definition) is 3. The van der Waals surface area contributed by atoms with E-state index in [9.17, 15) is 31.5 Å². The summed E-state index contributed by atoms with van der Waals surface area (Å²) in [6, 6.07) is 0. The minimum atomic E-state index is -6.16. The molecule has 2 N–H and O–H groups in total. The summed E-state index contributed by atoms with van der Waals surface area (Å²) in [5, 5.41) is 9.53. The molecule has 0 saturated carbocycles. The summed E-state index contributed by atoms with van der Waals surface area (Å²) in [6.45, 7) is 2.64. The molecule has 0 aromatic rings. The summed E-state index contributed by atoms with van der Waals surface area (Å²) in [4.78, 5) is 21.6. The molecule has 0 bridgehead atoms. The first-order valence-corrected chi connectivity index (χ1v) is 4.64. The number of nitrogens with one attached hydrogen (secondary N) is 1. The van der Waals surface area contributed by atoms with Crippen molar-refractivity contribution in [1.82, 2.24) is 5.32 Å². The van der Waals surface area contributed by atoms with Crippen LogP contribution >= 0.6 is 0 Å². The van der Waals surface area contributed by atoms with Gasteiger partial charge in [0.1, 0.15) is 6.61 Å². The molecule has 0 aromatic carbocycles. The van der Waals surface area contributed by atoms with E-state index in [4.69, 9.17) is 5.11 Å². The van der Waals surface area contributed by atoms with Crippen LogP contribution in [0, 0.1) is 0 Å². The van der Waals surface area contributed by atoms with Crippen LogP contribution in [0.4, 0.5) is 26.7 Å². The number of alkyl halides is 5. The van der Waals surface area contributed by atoms with Gasteiger partial charge in [0.2, 0.25) is 5.54 Å². The fourth-order valence-electron chi connectivity index (χ4n) is 0.925. The number of halogens is 5. The number of carboxylic acids is 1. The molecular weight excluding hydrogens is 281 g/mol. The van der Waals surface area contributed by atoms with Gasteiger partial charge in [-0.3, -0.25) is 5.32 Å². The lowest BCUT2D eigenvalue weighted by atomic mass is 9.93. The van der Waals surface area contributed by atoms with Gasteiger partial charge in [-0.05, 0) is 6.92 Å². The largest absolute Gasteiger partial charge is 0.479 e. The minimum absolute atomic E-state index is 0.0258. The van der Waals surface area contributed by atoms with Crippen molar-refractivity contribution in [2.45, 2.75) is 24.6 Å². The zero-order chi connectivity index (χ0) is 15.5. The molecule has 0 aliphatic heterocycles. The fourth-order valence-corrected chi connectivity index (χ4v) is 0.925. The molecule has 19 heavy (non-hydrogen) atoms. The molecule has 0 fully saturated rings. The Morgan fingerprint density at radius 1 is 1.32 bits per heavy atom. The summed E-state index contributed by atoms with van der Waals surface area (Å²) in [5.41, 5.74) is -3.90. The monoisotopic (exact) mass is 291 g/mol. The van der Waals surface area contributed by atoms with Crippen molar-refractivity contribution >= 4 is 12.1 Å². The van der Waals surface area contributed by atoms with E-state index in [0.717, 1.165) is 11.4 Å². The van der Waals surface area contributed by atoms with Crippen molar-refractivity contribution in [1.29, 1.82) is 0 Å². The van der Waals surface area contributed by atoms with Gasteiger partial charge in [-0.2, -0.15) is 22.0 Å². The third-order valence-electron chi connectivity index (χ3n) is 2.10. The lowest BCUT2D eigenvalue weighted by molar-refractivity contribution is -0.306. The lowest BCUT2D eigenvalue weighted by Crippen LogP contribution is -2.68. The standard InChI is InChI=1S/C9H10F5NO4/c1-3-4-19-6(18)15-7(2,5(16)17)8(10,11)9(12,13)14/h3H,1,4H2,2H3,(H,15,18)(H,16,17). The van der Waals surface area contributed by atoms with Crippen molar-refractivity contribution in [3.63, 3.8) is 0 Å². The summed E-state index contributed by atoms with van der Waals surface area (Å²) < 4.78 is 66.9. The molecule has 10 heteroatoms. The van der Waals surface area contributed by atoms with E-state index in [-0.39, 0.29) is 6.92 Å². The quantitative estimate of drug-likeness (QED) is 0.599. The molecule has 0 radical (unpaired) electrons. The van der Waals surface area contributed by atoms with Crippen molar-refractivity contribution in [2.24, 2.45) is 0 Å². The SMILES string of the molecule is C=CCOC(=O)NC(C)(C(=O)O)C(F)(F)C(F)(F)F. The average molecular weight is 291 g/mol. The van der Waals surface area contributed by atoms with Crippen LogP contribution in [0.2, 0.25) is 0 Å². The second-order valence-electron chi connectivity index (χ2n) is 3.51. The van der Waals surface area contributed by atoms with Crippen LogP contribution in [0.15, 0.2) is 12.7 Å². The molecule has 0 heterocycles. The second kappa shape index (κ2) is 5.41. The van der Waals surface area contributed by atoms with Crippen LogP contribution in [0.3, 0.4) is 0 Å². The maximum absolute atomic E-state index is 13.1. The van der Waals surface area contributed by atoms with Gasteiger partial charge in [-0.25, -0.2) is 9.59 Å². The number of rotatable bonds is 5. The van der Waals surface area contributed by atoms with Crippen molar-refractivity contribution < 1.29 is 41.4 Å². The first kappa shape index (κ1) is 17.1. The van der Waals surface area contributed by atoms with Crippen LogP contribution in [-0.2, 0) is 9.53 Å². The average Bonchev–Trinajstić information content (AvgIpc) is 2.24. The third-order valence-corrected chi connectivity index (χ3v) is 2.10. The van der Waals surface area contributed by atoms with E-state index in [0.29, 0.717) is 0 Å². The highest BCUT2D eigenvalue weighted by molar-refractivity contribution is 5.85. The van der Waals surface area contributed by atoms with Gasteiger partial charge in [-0.1, -0.05) is 12.7 Å². The molecule has 0 saturated heterocycles. The van der Waals surface area contributed by atoms with Crippen LogP contribution < -0.4 is 5.32 Å². The Bertz CT molecular complexity index is 381. The normalized spacial score (nSPS) is 15.3. The Kier molecular flexibility index (Phi) is 4.88. The number of carboxylic acid groups (broad SMARTS) is 1. The molecule has 1 unspecified atom stereocenters. The topological polar surface area (TPSA) is 75.6 Å². The number of carbonyl (C=O) groups is 2. The molecule has 5 nitrogen and oxygen atoms in total. The van der Waals surface area contributed by atoms with E-state index in [2.05, 4.69) is 11.3 Å². The first-order chi connectivity index (χ1) is 8.40. The van der Waals surface area contributed by atoms with Crippen molar-refractivity contribution in [3.05, 3.63) is 12.7 Å². The summed E-state index contributed by atoms with van der Waals surface area (Å²) in [7, 11) is 0. The first-order valence-electron chi connectivity index (χ1n) is 4.64. The van der Waals surface area contributed by atoms with Gasteiger partial charge in [0.15, 0.2) is 0 Å². The lowest BCUT2D eigenvalue weighted by Gasteiger charge is -2.34. The van der Waals surface area contributed by atoms with Gasteiger partial charge in [0.25, 0.3) is 0 Å². The molecular formula is C9H10F5NO4. The molecule has 1 atom stereocenters. The van der Waals surface area contributed by atoms with Crippen LogP contribution in [0.25, 0.3) is 0 Å². The Hall–Kier alpha value is -1.87. The second-order valence-corrected chi connectivity index (χ2v) is 3.51. The fraction of sp³-hybridized carbons (Fsp3) is 0.556. The van der Waals surface area contributed by atoms with Gasteiger partial charge in [-0.15, -0.1) is 0 Å². The van der Waals surface area contributed by atoms with E-state index in [1.54, 1.807) is 0 Å². The van der Waals surface area contributed by atoms with Crippen molar-refractivity contribution in [2.75, 3.05) is 6.61 Å². The number of aliphatic carboxylic acids is 1. The molecule has 0 aromatic heterocycles. The molecule has 0 spiro atoms. The van der Waals surface area contributed by atoms with Gasteiger partial charge in [0, 0.05) is 0 Å². The minimum Gasteiger partial charge on any atom is -0.479 e. The number of amides is 1. The van der Waals surface area contributed by atoms with Crippen LogP contribution in [0.5, 0.6) is 0 Å². The Morgan fingerprint density at radius 2 is 1.79 bits per heavy atom. The number of alkyl carbamates (subject to hydrolysis) is 1. The summed E-state index contributed by atoms with van der Waals surface area (Å²) in [6.07, 6.45) is -6.89. The van der Waals surface area contributed by atoms with E-state index < -0.39 is 36.3 Å². The summed E-state index contributed by atoms with van der Waals surface area (Å²) >= 11 is 0. The smallest absolute Gasteiger partial charge is 0.456 e. The Labute approximate surface area is 104 Å². The maximum Gasteiger partial charge on any atom is 0.456 e. The number of carbonyl (C=O) groups excluding carboxylic acids is 1. The summed E-state index contributed by atoms with van der Waals surface area (Å²) in [5.74, 6) is -8.26. The van der Waals surface area contributed by atoms with Crippen LogP contribution in [-0.4, -0.2) is 41.4 Å². The predicted molar refractivity (Wildman–Crippen MR) is 51.7 cm³/mol. The van der Waals surface area contributed by atoms with E-state index >= 15 is 0 Å². The third kappa shape index (κ3) is 3.32. The highest BCUT2D eigenvalue weighted by Crippen LogP contribution is 2.43. The van der Waals surface area contributed by atoms with Crippen molar-refractivity contribution in [3.8, 4) is 0 Å². The highest BCUT2D eigenvalue weighted by atomic mass is 19.4. The molecule has 1 amide bonds. The number of ether oxygens (including phenoxy) is 1. The van der Waals surface area contributed by atoms with Gasteiger partial charge >= 0.3 is 24.2 Å².